The van der Waals surface area contributed by atoms with Gasteiger partial charge in [0.25, 0.3) is 0 Å². The van der Waals surface area contributed by atoms with Crippen molar-refractivity contribution in [3.63, 3.8) is 0 Å². The van der Waals surface area contributed by atoms with E-state index in [1.165, 1.54) is 6.33 Å². The van der Waals surface area contributed by atoms with Crippen molar-refractivity contribution in [2.75, 3.05) is 12.4 Å². The van der Waals surface area contributed by atoms with Crippen molar-refractivity contribution >= 4 is 17.0 Å². The van der Waals surface area contributed by atoms with Crippen LogP contribution < -0.4 is 5.32 Å². The fourth-order valence-electron chi connectivity index (χ4n) is 1.42. The first-order chi connectivity index (χ1) is 7.88. The molecule has 0 amide bonds. The molecule has 8 heteroatoms. The number of H-pyrrole nitrogens is 1. The van der Waals surface area contributed by atoms with Crippen LogP contribution in [0.5, 0.6) is 0 Å². The molecule has 80 valence electrons. The molecular weight excluding hydrogens is 208 g/mol. The first-order valence-electron chi connectivity index (χ1n) is 4.62. The van der Waals surface area contributed by atoms with Gasteiger partial charge in [0.1, 0.15) is 12.7 Å². The topological polar surface area (TPSA) is 97.2 Å². The fourth-order valence-corrected chi connectivity index (χ4v) is 1.42. The normalized spacial score (nSPS) is 10.8. The Kier molecular flexibility index (Phi) is 1.79. The van der Waals surface area contributed by atoms with Gasteiger partial charge in [-0.3, -0.25) is 5.10 Å². The van der Waals surface area contributed by atoms with Crippen molar-refractivity contribution in [3.8, 4) is 5.82 Å². The summed E-state index contributed by atoms with van der Waals surface area (Å²) in [5, 5.41) is 14.4. The lowest BCUT2D eigenvalue weighted by atomic mass is 10.4. The Morgan fingerprint density at radius 3 is 3.06 bits per heavy atom. The number of hydrogen-bond donors (Lipinski definition) is 2. The van der Waals surface area contributed by atoms with E-state index in [0.29, 0.717) is 17.4 Å². The van der Waals surface area contributed by atoms with E-state index in [9.17, 15) is 0 Å². The summed E-state index contributed by atoms with van der Waals surface area (Å²) >= 11 is 0. The van der Waals surface area contributed by atoms with E-state index in [-0.39, 0.29) is 0 Å². The highest BCUT2D eigenvalue weighted by molar-refractivity contribution is 5.82. The Morgan fingerprint density at radius 2 is 2.31 bits per heavy atom. The number of anilines is 1. The Labute approximate surface area is 89.7 Å². The van der Waals surface area contributed by atoms with Crippen molar-refractivity contribution in [2.45, 2.75) is 0 Å². The minimum atomic E-state index is 0.502. The third kappa shape index (κ3) is 1.20. The van der Waals surface area contributed by atoms with Crippen LogP contribution in [0.4, 0.5) is 5.95 Å². The van der Waals surface area contributed by atoms with Crippen LogP contribution >= 0.6 is 0 Å². The molecule has 0 saturated heterocycles. The molecule has 3 aromatic rings. The summed E-state index contributed by atoms with van der Waals surface area (Å²) in [7, 11) is 1.75. The largest absolute Gasteiger partial charge is 0.357 e. The van der Waals surface area contributed by atoms with E-state index in [1.807, 2.05) is 0 Å². The highest BCUT2D eigenvalue weighted by atomic mass is 15.4. The second-order valence-electron chi connectivity index (χ2n) is 3.09. The van der Waals surface area contributed by atoms with Gasteiger partial charge in [-0.25, -0.2) is 9.67 Å². The van der Waals surface area contributed by atoms with Crippen molar-refractivity contribution in [1.29, 1.82) is 0 Å². The molecule has 0 fully saturated rings. The number of rotatable bonds is 2. The van der Waals surface area contributed by atoms with E-state index >= 15 is 0 Å². The summed E-state index contributed by atoms with van der Waals surface area (Å²) in [5.74, 6) is 1.14. The second kappa shape index (κ2) is 3.26. The fraction of sp³-hybridized carbons (Fsp3) is 0.125. The van der Waals surface area contributed by atoms with Gasteiger partial charge in [-0.05, 0) is 0 Å². The van der Waals surface area contributed by atoms with Gasteiger partial charge >= 0.3 is 0 Å². The Bertz CT molecular complexity index is 610. The zero-order valence-electron chi connectivity index (χ0n) is 8.42. The molecule has 2 N–H and O–H groups in total. The molecule has 3 rings (SSSR count). The Hall–Kier alpha value is -2.51. The first kappa shape index (κ1) is 8.77. The maximum atomic E-state index is 4.31. The third-order valence-electron chi connectivity index (χ3n) is 2.15. The zero-order valence-corrected chi connectivity index (χ0v) is 8.42. The van der Waals surface area contributed by atoms with Gasteiger partial charge in [-0.1, -0.05) is 0 Å². The molecule has 3 aromatic heterocycles. The van der Waals surface area contributed by atoms with Crippen LogP contribution in [0.1, 0.15) is 0 Å². The number of nitrogens with one attached hydrogen (secondary N) is 2. The molecule has 0 spiro atoms. The van der Waals surface area contributed by atoms with E-state index in [0.717, 1.165) is 5.39 Å². The maximum absolute atomic E-state index is 4.31. The molecule has 0 aliphatic carbocycles. The molecule has 0 saturated carbocycles. The summed E-state index contributed by atoms with van der Waals surface area (Å²) in [6, 6.07) is 0. The first-order valence-corrected chi connectivity index (χ1v) is 4.62. The van der Waals surface area contributed by atoms with Gasteiger partial charge in [-0.15, -0.1) is 0 Å². The zero-order chi connectivity index (χ0) is 11.0. The van der Waals surface area contributed by atoms with Crippen LogP contribution in [0.2, 0.25) is 0 Å². The average Bonchev–Trinajstić information content (AvgIpc) is 2.98. The third-order valence-corrected chi connectivity index (χ3v) is 2.15. The summed E-state index contributed by atoms with van der Waals surface area (Å²) < 4.78 is 1.57. The highest BCUT2D eigenvalue weighted by Crippen LogP contribution is 2.17. The molecule has 0 atom stereocenters. The van der Waals surface area contributed by atoms with Crippen LogP contribution in [0, 0.1) is 0 Å². The number of aromatic amines is 1. The summed E-state index contributed by atoms with van der Waals surface area (Å²) in [5.41, 5.74) is 0.657. The number of hydrogen-bond acceptors (Lipinski definition) is 6. The predicted molar refractivity (Wildman–Crippen MR) is 56.1 cm³/mol. The van der Waals surface area contributed by atoms with Crippen LogP contribution in [0.15, 0.2) is 18.9 Å². The summed E-state index contributed by atoms with van der Waals surface area (Å²) in [6.45, 7) is 0. The van der Waals surface area contributed by atoms with Crippen molar-refractivity contribution in [3.05, 3.63) is 18.9 Å². The van der Waals surface area contributed by atoms with Gasteiger partial charge in [0.15, 0.2) is 11.5 Å². The average molecular weight is 216 g/mol. The molecule has 0 unspecified atom stereocenters. The van der Waals surface area contributed by atoms with Gasteiger partial charge in [0.2, 0.25) is 5.95 Å². The van der Waals surface area contributed by atoms with Gasteiger partial charge in [-0.2, -0.15) is 20.2 Å². The molecule has 8 nitrogen and oxygen atoms in total. The lowest BCUT2D eigenvalue weighted by molar-refractivity contribution is 0.851. The van der Waals surface area contributed by atoms with Gasteiger partial charge in [0, 0.05) is 7.05 Å². The van der Waals surface area contributed by atoms with Crippen LogP contribution in [-0.4, -0.2) is 42.0 Å². The maximum Gasteiger partial charge on any atom is 0.226 e. The molecule has 3 heterocycles. The smallest absolute Gasteiger partial charge is 0.226 e. The highest BCUT2D eigenvalue weighted by Gasteiger charge is 2.10. The minimum absolute atomic E-state index is 0.502. The predicted octanol–water partition coefficient (Wildman–Crippen LogP) is -0.0247. The van der Waals surface area contributed by atoms with Gasteiger partial charge < -0.3 is 5.32 Å². The molecule has 0 bridgehead atoms. The van der Waals surface area contributed by atoms with Gasteiger partial charge in [0.05, 0.1) is 11.6 Å². The van der Waals surface area contributed by atoms with E-state index in [1.54, 1.807) is 24.3 Å². The monoisotopic (exact) mass is 216 g/mol. The number of nitrogens with zero attached hydrogens (tertiary/aromatic N) is 6. The van der Waals surface area contributed by atoms with E-state index in [4.69, 9.17) is 0 Å². The van der Waals surface area contributed by atoms with Crippen molar-refractivity contribution in [2.24, 2.45) is 0 Å². The molecule has 0 aliphatic rings. The van der Waals surface area contributed by atoms with Crippen molar-refractivity contribution < 1.29 is 0 Å². The van der Waals surface area contributed by atoms with Crippen LogP contribution in [-0.2, 0) is 0 Å². The standard InChI is InChI=1S/C8H8N8/c1-9-8-13-6-5(2-11-15-6)7(14-8)16-4-10-3-12-16/h2-4H,1H3,(H2,9,11,13,14,15). The van der Waals surface area contributed by atoms with E-state index < -0.39 is 0 Å². The number of fused-ring (bicyclic) bond motifs is 1. The molecule has 16 heavy (non-hydrogen) atoms. The molecule has 0 radical (unpaired) electrons. The molecule has 0 aliphatic heterocycles. The minimum Gasteiger partial charge on any atom is -0.357 e. The van der Waals surface area contributed by atoms with Crippen molar-refractivity contribution in [1.82, 2.24) is 34.9 Å². The molecular formula is C8H8N8. The number of aromatic nitrogens is 7. The van der Waals surface area contributed by atoms with Crippen LogP contribution in [0.3, 0.4) is 0 Å². The second-order valence-corrected chi connectivity index (χ2v) is 3.09. The van der Waals surface area contributed by atoms with Crippen LogP contribution in [0.25, 0.3) is 16.9 Å². The SMILES string of the molecule is CNc1nc(-n2cncn2)c2cn[nH]c2n1. The molecule has 0 aromatic carbocycles. The Balaban J connectivity index is 2.33. The lowest BCUT2D eigenvalue weighted by Crippen LogP contribution is -2.04. The summed E-state index contributed by atoms with van der Waals surface area (Å²) in [4.78, 5) is 12.4. The lowest BCUT2D eigenvalue weighted by Gasteiger charge is -2.03. The van der Waals surface area contributed by atoms with E-state index in [2.05, 4.69) is 35.6 Å². The Morgan fingerprint density at radius 1 is 1.38 bits per heavy atom. The quantitative estimate of drug-likeness (QED) is 0.624. The summed E-state index contributed by atoms with van der Waals surface area (Å²) in [6.07, 6.45) is 4.69.